The van der Waals surface area contributed by atoms with Gasteiger partial charge >= 0.3 is 0 Å². The molecule has 0 atom stereocenters. The molecule has 0 aliphatic rings. The molecular formula is C18H17FN2O4S2. The summed E-state index contributed by atoms with van der Waals surface area (Å²) >= 11 is 1.55. The largest absolute Gasteiger partial charge is 0.494 e. The van der Waals surface area contributed by atoms with Crippen LogP contribution in [0.1, 0.15) is 5.76 Å². The summed E-state index contributed by atoms with van der Waals surface area (Å²) in [6.45, 7) is 0. The third kappa shape index (κ3) is 4.00. The van der Waals surface area contributed by atoms with Gasteiger partial charge in [-0.2, -0.15) is 11.8 Å². The molecule has 0 spiro atoms. The van der Waals surface area contributed by atoms with Crippen molar-refractivity contribution < 1.29 is 22.1 Å². The van der Waals surface area contributed by atoms with Gasteiger partial charge in [0.15, 0.2) is 17.3 Å². The van der Waals surface area contributed by atoms with Gasteiger partial charge in [-0.25, -0.2) is 17.9 Å². The van der Waals surface area contributed by atoms with E-state index < -0.39 is 15.8 Å². The molecule has 0 bridgehead atoms. The van der Waals surface area contributed by atoms with E-state index in [1.165, 1.54) is 31.4 Å². The zero-order valence-electron chi connectivity index (χ0n) is 14.6. The van der Waals surface area contributed by atoms with Crippen LogP contribution in [-0.2, 0) is 15.8 Å². The number of rotatable bonds is 6. The Hall–Kier alpha value is -2.36. The van der Waals surface area contributed by atoms with Crippen molar-refractivity contribution in [2.45, 2.75) is 10.6 Å². The molecule has 0 unspecified atom stereocenters. The first-order valence-electron chi connectivity index (χ1n) is 7.79. The molecule has 2 aromatic carbocycles. The SMILES string of the molecule is COc1ccc(-c2noc(CSC)c2-c2ccc(S(N)(=O)=O)cc2)cc1F. The van der Waals surface area contributed by atoms with Crippen LogP contribution in [-0.4, -0.2) is 26.9 Å². The van der Waals surface area contributed by atoms with Crippen LogP contribution in [0.3, 0.4) is 0 Å². The van der Waals surface area contributed by atoms with Crippen LogP contribution in [0.4, 0.5) is 4.39 Å². The highest BCUT2D eigenvalue weighted by Crippen LogP contribution is 2.37. The van der Waals surface area contributed by atoms with E-state index >= 15 is 0 Å². The van der Waals surface area contributed by atoms with Gasteiger partial charge in [-0.1, -0.05) is 17.3 Å². The number of primary sulfonamides is 1. The highest BCUT2D eigenvalue weighted by Gasteiger charge is 2.21. The fourth-order valence-corrected chi connectivity index (χ4v) is 3.65. The lowest BCUT2D eigenvalue weighted by molar-refractivity contribution is 0.386. The number of thioether (sulfide) groups is 1. The smallest absolute Gasteiger partial charge is 0.238 e. The van der Waals surface area contributed by atoms with Crippen LogP contribution in [0.15, 0.2) is 51.9 Å². The monoisotopic (exact) mass is 408 g/mol. The van der Waals surface area contributed by atoms with Crippen molar-refractivity contribution in [3.63, 3.8) is 0 Å². The standard InChI is InChI=1S/C18H17FN2O4S2/c1-24-15-8-5-12(9-14(15)19)18-17(16(10-26-2)25-21-18)11-3-6-13(7-4-11)27(20,22)23/h3-9H,10H2,1-2H3,(H2,20,22,23). The summed E-state index contributed by atoms with van der Waals surface area (Å²) in [6.07, 6.45) is 1.92. The molecule has 0 aliphatic carbocycles. The van der Waals surface area contributed by atoms with E-state index in [1.807, 2.05) is 6.26 Å². The van der Waals surface area contributed by atoms with Gasteiger partial charge in [0.1, 0.15) is 5.69 Å². The van der Waals surface area contributed by atoms with Crippen LogP contribution >= 0.6 is 11.8 Å². The normalized spacial score (nSPS) is 11.6. The number of aromatic nitrogens is 1. The number of hydrogen-bond donors (Lipinski definition) is 1. The highest BCUT2D eigenvalue weighted by atomic mass is 32.2. The minimum Gasteiger partial charge on any atom is -0.494 e. The molecule has 0 fully saturated rings. The van der Waals surface area contributed by atoms with Gasteiger partial charge in [0.05, 0.1) is 23.3 Å². The summed E-state index contributed by atoms with van der Waals surface area (Å²) < 4.78 is 47.5. The van der Waals surface area contributed by atoms with Crippen molar-refractivity contribution >= 4 is 21.8 Å². The molecule has 9 heteroatoms. The molecule has 6 nitrogen and oxygen atoms in total. The van der Waals surface area contributed by atoms with E-state index in [1.54, 1.807) is 30.0 Å². The Balaban J connectivity index is 2.14. The fourth-order valence-electron chi connectivity index (χ4n) is 2.67. The van der Waals surface area contributed by atoms with Crippen molar-refractivity contribution in [1.82, 2.24) is 5.16 Å². The minimum absolute atomic E-state index is 0.00571. The topological polar surface area (TPSA) is 95.4 Å². The first kappa shape index (κ1) is 19.4. The van der Waals surface area contributed by atoms with Crippen LogP contribution in [0, 0.1) is 5.82 Å². The maximum Gasteiger partial charge on any atom is 0.238 e. The predicted octanol–water partition coefficient (Wildman–Crippen LogP) is 3.67. The maximum atomic E-state index is 14.1. The zero-order chi connectivity index (χ0) is 19.6. The van der Waals surface area contributed by atoms with Gasteiger partial charge in [0, 0.05) is 5.56 Å². The van der Waals surface area contributed by atoms with Crippen LogP contribution in [0.5, 0.6) is 5.75 Å². The van der Waals surface area contributed by atoms with E-state index in [9.17, 15) is 12.8 Å². The number of methoxy groups -OCH3 is 1. The van der Waals surface area contributed by atoms with E-state index in [4.69, 9.17) is 14.4 Å². The highest BCUT2D eigenvalue weighted by molar-refractivity contribution is 7.97. The van der Waals surface area contributed by atoms with Crippen molar-refractivity contribution in [1.29, 1.82) is 0 Å². The van der Waals surface area contributed by atoms with Gasteiger partial charge in [0.25, 0.3) is 0 Å². The minimum atomic E-state index is -3.79. The fraction of sp³-hybridized carbons (Fsp3) is 0.167. The Morgan fingerprint density at radius 1 is 1.19 bits per heavy atom. The molecule has 1 heterocycles. The quantitative estimate of drug-likeness (QED) is 0.669. The molecule has 142 valence electrons. The Labute approximate surface area is 160 Å². The van der Waals surface area contributed by atoms with Gasteiger partial charge in [-0.15, -0.1) is 0 Å². The molecular weight excluding hydrogens is 391 g/mol. The number of hydrogen-bond acceptors (Lipinski definition) is 6. The van der Waals surface area contributed by atoms with E-state index in [0.717, 1.165) is 0 Å². The first-order valence-corrected chi connectivity index (χ1v) is 10.7. The molecule has 2 N–H and O–H groups in total. The average Bonchev–Trinajstić information content (AvgIpc) is 3.05. The summed E-state index contributed by atoms with van der Waals surface area (Å²) in [6, 6.07) is 10.6. The molecule has 3 rings (SSSR count). The molecule has 0 amide bonds. The summed E-state index contributed by atoms with van der Waals surface area (Å²) in [5.41, 5.74) is 2.35. The van der Waals surface area contributed by atoms with Crippen molar-refractivity contribution in [3.05, 3.63) is 54.0 Å². The summed E-state index contributed by atoms with van der Waals surface area (Å²) in [5.74, 6) is 0.778. The zero-order valence-corrected chi connectivity index (χ0v) is 16.2. The molecule has 0 radical (unpaired) electrons. The molecule has 0 saturated carbocycles. The molecule has 3 aromatic rings. The molecule has 0 aliphatic heterocycles. The van der Waals surface area contributed by atoms with Crippen LogP contribution < -0.4 is 9.88 Å². The molecule has 1 aromatic heterocycles. The van der Waals surface area contributed by atoms with E-state index in [0.29, 0.717) is 33.9 Å². The second-order valence-electron chi connectivity index (χ2n) is 5.68. The Kier molecular flexibility index (Phi) is 5.54. The Morgan fingerprint density at radius 3 is 2.41 bits per heavy atom. The lowest BCUT2D eigenvalue weighted by atomic mass is 9.99. The van der Waals surface area contributed by atoms with Crippen molar-refractivity contribution in [3.8, 4) is 28.1 Å². The number of nitrogens with zero attached hydrogens (tertiary/aromatic N) is 1. The predicted molar refractivity (Wildman–Crippen MR) is 102 cm³/mol. The average molecular weight is 408 g/mol. The van der Waals surface area contributed by atoms with Crippen molar-refractivity contribution in [2.24, 2.45) is 5.14 Å². The number of halogens is 1. The van der Waals surface area contributed by atoms with Gasteiger partial charge in [0.2, 0.25) is 10.0 Å². The lowest BCUT2D eigenvalue weighted by Crippen LogP contribution is -2.11. The van der Waals surface area contributed by atoms with Crippen molar-refractivity contribution in [2.75, 3.05) is 13.4 Å². The second kappa shape index (κ2) is 7.71. The number of benzene rings is 2. The van der Waals surface area contributed by atoms with Gasteiger partial charge in [-0.05, 0) is 42.2 Å². The van der Waals surface area contributed by atoms with Gasteiger partial charge in [-0.3, -0.25) is 0 Å². The molecule has 27 heavy (non-hydrogen) atoms. The Morgan fingerprint density at radius 2 is 1.85 bits per heavy atom. The first-order chi connectivity index (χ1) is 12.8. The number of ether oxygens (including phenoxy) is 1. The summed E-state index contributed by atoms with van der Waals surface area (Å²) in [7, 11) is -2.40. The van der Waals surface area contributed by atoms with Crippen LogP contribution in [0.25, 0.3) is 22.4 Å². The third-order valence-corrected chi connectivity index (χ3v) is 5.42. The number of sulfonamides is 1. The number of nitrogens with two attached hydrogens (primary N) is 1. The molecule has 0 saturated heterocycles. The lowest BCUT2D eigenvalue weighted by Gasteiger charge is -2.07. The summed E-state index contributed by atoms with van der Waals surface area (Å²) in [5, 5.41) is 9.26. The van der Waals surface area contributed by atoms with Gasteiger partial charge < -0.3 is 9.26 Å². The van der Waals surface area contributed by atoms with Crippen LogP contribution in [0.2, 0.25) is 0 Å². The summed E-state index contributed by atoms with van der Waals surface area (Å²) in [4.78, 5) is 0.00571. The van der Waals surface area contributed by atoms with E-state index in [-0.39, 0.29) is 10.6 Å². The maximum absolute atomic E-state index is 14.1. The van der Waals surface area contributed by atoms with E-state index in [2.05, 4.69) is 5.16 Å². The third-order valence-electron chi connectivity index (χ3n) is 3.93. The second-order valence-corrected chi connectivity index (χ2v) is 8.11. The Bertz CT molecular complexity index is 1060.